The zero-order valence-electron chi connectivity index (χ0n) is 13.6. The number of anilines is 1. The minimum atomic E-state index is 0.612. The maximum Gasteiger partial charge on any atom is 0.0368 e. The third-order valence-electron chi connectivity index (χ3n) is 6.87. The molecule has 1 aromatic rings. The molecule has 1 nitrogen and oxygen atoms in total. The summed E-state index contributed by atoms with van der Waals surface area (Å²) < 4.78 is 0. The average Bonchev–Trinajstić information content (AvgIpc) is 2.47. The fourth-order valence-corrected chi connectivity index (χ4v) is 6.32. The molecule has 0 N–H and O–H groups in total. The summed E-state index contributed by atoms with van der Waals surface area (Å²) in [6.07, 6.45) is 9.15. The maximum absolute atomic E-state index is 2.67. The Morgan fingerprint density at radius 2 is 1.52 bits per heavy atom. The van der Waals surface area contributed by atoms with Gasteiger partial charge < -0.3 is 4.90 Å². The highest BCUT2D eigenvalue weighted by Gasteiger charge is 2.54. The normalized spacial score (nSPS) is 38.5. The van der Waals surface area contributed by atoms with Crippen molar-refractivity contribution in [3.63, 3.8) is 0 Å². The van der Waals surface area contributed by atoms with Crippen molar-refractivity contribution in [2.45, 2.75) is 58.4 Å². The Hall–Kier alpha value is -0.980. The van der Waals surface area contributed by atoms with E-state index in [2.05, 4.69) is 49.1 Å². The molecule has 1 unspecified atom stereocenters. The summed E-state index contributed by atoms with van der Waals surface area (Å²) in [6, 6.07) is 11.8. The molecule has 114 valence electrons. The number of benzene rings is 1. The predicted molar refractivity (Wildman–Crippen MR) is 89.5 cm³/mol. The van der Waals surface area contributed by atoms with Gasteiger partial charge in [-0.25, -0.2) is 0 Å². The maximum atomic E-state index is 2.67. The molecule has 0 aromatic heterocycles. The molecule has 4 aliphatic rings. The molecule has 0 amide bonds. The van der Waals surface area contributed by atoms with Crippen LogP contribution in [-0.2, 0) is 0 Å². The van der Waals surface area contributed by atoms with E-state index in [9.17, 15) is 0 Å². The summed E-state index contributed by atoms with van der Waals surface area (Å²) >= 11 is 0. The standard InChI is InChI=1S/C20H29N/c1-3-21(19-7-5-4-6-8-19)15(2)20-12-16-9-17(13-20)11-18(10-16)14-20/h4-8,15-18H,3,9-14H2,1-2H3. The monoisotopic (exact) mass is 283 g/mol. The van der Waals surface area contributed by atoms with Crippen LogP contribution in [0.3, 0.4) is 0 Å². The first kappa shape index (κ1) is 13.7. The fraction of sp³-hybridized carbons (Fsp3) is 0.700. The van der Waals surface area contributed by atoms with Crippen LogP contribution in [0.25, 0.3) is 0 Å². The van der Waals surface area contributed by atoms with Crippen molar-refractivity contribution >= 4 is 5.69 Å². The van der Waals surface area contributed by atoms with Crippen LogP contribution in [0.15, 0.2) is 30.3 Å². The minimum absolute atomic E-state index is 0.612. The van der Waals surface area contributed by atoms with Gasteiger partial charge >= 0.3 is 0 Å². The van der Waals surface area contributed by atoms with Crippen LogP contribution >= 0.6 is 0 Å². The lowest BCUT2D eigenvalue weighted by atomic mass is 9.47. The highest BCUT2D eigenvalue weighted by molar-refractivity contribution is 5.47. The summed E-state index contributed by atoms with van der Waals surface area (Å²) in [6.45, 7) is 5.97. The van der Waals surface area contributed by atoms with Crippen molar-refractivity contribution in [3.8, 4) is 0 Å². The highest BCUT2D eigenvalue weighted by atomic mass is 15.2. The molecule has 1 atom stereocenters. The van der Waals surface area contributed by atoms with Gasteiger partial charge in [-0.2, -0.15) is 0 Å². The first-order valence-electron chi connectivity index (χ1n) is 9.02. The van der Waals surface area contributed by atoms with Crippen LogP contribution in [0.1, 0.15) is 52.4 Å². The van der Waals surface area contributed by atoms with Gasteiger partial charge in [0.25, 0.3) is 0 Å². The van der Waals surface area contributed by atoms with Crippen LogP contribution in [-0.4, -0.2) is 12.6 Å². The SMILES string of the molecule is CCN(c1ccccc1)C(C)C12CC3CC(CC(C3)C1)C2. The van der Waals surface area contributed by atoms with E-state index in [1.165, 1.54) is 24.9 Å². The Morgan fingerprint density at radius 1 is 1.00 bits per heavy atom. The Balaban J connectivity index is 1.62. The summed E-state index contributed by atoms with van der Waals surface area (Å²) in [5.41, 5.74) is 2.03. The number of hydrogen-bond acceptors (Lipinski definition) is 1. The number of para-hydroxylation sites is 1. The van der Waals surface area contributed by atoms with E-state index in [4.69, 9.17) is 0 Å². The summed E-state index contributed by atoms with van der Waals surface area (Å²) in [5.74, 6) is 3.15. The third-order valence-corrected chi connectivity index (χ3v) is 6.87. The number of hydrogen-bond donors (Lipinski definition) is 0. The van der Waals surface area contributed by atoms with E-state index in [0.717, 1.165) is 24.3 Å². The molecule has 0 radical (unpaired) electrons. The van der Waals surface area contributed by atoms with Crippen molar-refractivity contribution in [2.24, 2.45) is 23.2 Å². The molecule has 1 heteroatoms. The molecule has 0 heterocycles. The van der Waals surface area contributed by atoms with E-state index >= 15 is 0 Å². The van der Waals surface area contributed by atoms with E-state index in [1.807, 2.05) is 0 Å². The van der Waals surface area contributed by atoms with Crippen LogP contribution in [0.2, 0.25) is 0 Å². The summed E-state index contributed by atoms with van der Waals surface area (Å²) in [4.78, 5) is 2.67. The average molecular weight is 283 g/mol. The molecule has 0 aliphatic heterocycles. The molecule has 4 bridgehead atoms. The van der Waals surface area contributed by atoms with Gasteiger partial charge in [0.05, 0.1) is 0 Å². The molecule has 0 saturated heterocycles. The lowest BCUT2D eigenvalue weighted by molar-refractivity contribution is -0.0649. The van der Waals surface area contributed by atoms with Gasteiger partial charge in [0.15, 0.2) is 0 Å². The van der Waals surface area contributed by atoms with Gasteiger partial charge in [0.1, 0.15) is 0 Å². The van der Waals surface area contributed by atoms with E-state index in [1.54, 1.807) is 19.3 Å². The molecule has 5 rings (SSSR count). The molecule has 4 fully saturated rings. The topological polar surface area (TPSA) is 3.24 Å². The van der Waals surface area contributed by atoms with Crippen molar-refractivity contribution in [1.82, 2.24) is 0 Å². The smallest absolute Gasteiger partial charge is 0.0368 e. The number of nitrogens with zero attached hydrogens (tertiary/aromatic N) is 1. The number of rotatable bonds is 4. The molecule has 4 saturated carbocycles. The molecule has 0 spiro atoms. The fourth-order valence-electron chi connectivity index (χ4n) is 6.32. The van der Waals surface area contributed by atoms with Crippen molar-refractivity contribution in [1.29, 1.82) is 0 Å². The largest absolute Gasteiger partial charge is 0.369 e. The van der Waals surface area contributed by atoms with Gasteiger partial charge in [-0.1, -0.05) is 18.2 Å². The zero-order chi connectivity index (χ0) is 14.4. The Bertz CT molecular complexity index is 457. The third kappa shape index (κ3) is 2.20. The Morgan fingerprint density at radius 3 is 2.00 bits per heavy atom. The van der Waals surface area contributed by atoms with Crippen LogP contribution in [0.4, 0.5) is 5.69 Å². The predicted octanol–water partition coefficient (Wildman–Crippen LogP) is 5.12. The lowest BCUT2D eigenvalue weighted by Gasteiger charge is -2.60. The second-order valence-electron chi connectivity index (χ2n) is 8.08. The molecular weight excluding hydrogens is 254 g/mol. The minimum Gasteiger partial charge on any atom is -0.369 e. The Kier molecular flexibility index (Phi) is 3.28. The highest BCUT2D eigenvalue weighted by Crippen LogP contribution is 2.62. The molecule has 1 aromatic carbocycles. The van der Waals surface area contributed by atoms with Gasteiger partial charge in [0.2, 0.25) is 0 Å². The first-order chi connectivity index (χ1) is 10.2. The van der Waals surface area contributed by atoms with Crippen molar-refractivity contribution in [3.05, 3.63) is 30.3 Å². The molecular formula is C20H29N. The zero-order valence-corrected chi connectivity index (χ0v) is 13.6. The second kappa shape index (κ2) is 5.04. The van der Waals surface area contributed by atoms with E-state index < -0.39 is 0 Å². The summed E-state index contributed by atoms with van der Waals surface area (Å²) in [7, 11) is 0. The van der Waals surface area contributed by atoms with E-state index in [-0.39, 0.29) is 0 Å². The van der Waals surface area contributed by atoms with Crippen LogP contribution < -0.4 is 4.90 Å². The van der Waals surface area contributed by atoms with Crippen molar-refractivity contribution in [2.75, 3.05) is 11.4 Å². The molecule has 21 heavy (non-hydrogen) atoms. The first-order valence-corrected chi connectivity index (χ1v) is 9.02. The Labute approximate surface area is 129 Å². The van der Waals surface area contributed by atoms with Gasteiger partial charge in [0, 0.05) is 18.3 Å². The summed E-state index contributed by atoms with van der Waals surface area (Å²) in [5, 5.41) is 0. The van der Waals surface area contributed by atoms with E-state index in [0.29, 0.717) is 11.5 Å². The van der Waals surface area contributed by atoms with Gasteiger partial charge in [-0.05, 0) is 87.7 Å². The second-order valence-corrected chi connectivity index (χ2v) is 8.08. The van der Waals surface area contributed by atoms with Crippen LogP contribution in [0, 0.1) is 23.2 Å². The van der Waals surface area contributed by atoms with Gasteiger partial charge in [-0.15, -0.1) is 0 Å². The lowest BCUT2D eigenvalue weighted by Crippen LogP contribution is -2.56. The van der Waals surface area contributed by atoms with Crippen molar-refractivity contribution < 1.29 is 0 Å². The molecule has 4 aliphatic carbocycles. The quantitative estimate of drug-likeness (QED) is 0.741. The van der Waals surface area contributed by atoms with Gasteiger partial charge in [-0.3, -0.25) is 0 Å². The van der Waals surface area contributed by atoms with Crippen LogP contribution in [0.5, 0.6) is 0 Å².